The van der Waals surface area contributed by atoms with E-state index in [4.69, 9.17) is 4.74 Å². The summed E-state index contributed by atoms with van der Waals surface area (Å²) in [6.45, 7) is 6.61. The van der Waals surface area contributed by atoms with Gasteiger partial charge in [0, 0.05) is 5.56 Å². The van der Waals surface area contributed by atoms with Gasteiger partial charge in [0.15, 0.2) is 6.10 Å². The van der Waals surface area contributed by atoms with Crippen LogP contribution in [0.25, 0.3) is 0 Å². The molecule has 0 aromatic heterocycles. The van der Waals surface area contributed by atoms with E-state index in [0.717, 1.165) is 23.1 Å². The maximum Gasteiger partial charge on any atom is 0.321 e. The highest BCUT2D eigenvalue weighted by atomic mass is 32.2. The van der Waals surface area contributed by atoms with Gasteiger partial charge in [-0.25, -0.2) is 8.42 Å². The van der Waals surface area contributed by atoms with Crippen LogP contribution < -0.4 is 4.72 Å². The Morgan fingerprint density at radius 3 is 2.25 bits per heavy atom. The predicted molar refractivity (Wildman–Crippen MR) is 107 cm³/mol. The van der Waals surface area contributed by atoms with Crippen LogP contribution in [0.15, 0.2) is 47.4 Å². The van der Waals surface area contributed by atoms with Gasteiger partial charge in [-0.3, -0.25) is 9.59 Å². The molecule has 7 heteroatoms. The number of sulfonamides is 1. The summed E-state index contributed by atoms with van der Waals surface area (Å²) in [5.74, 6) is -1.16. The molecule has 1 atom stereocenters. The first-order chi connectivity index (χ1) is 13.1. The monoisotopic (exact) mass is 403 g/mol. The molecule has 2 aromatic carbocycles. The Morgan fingerprint density at radius 2 is 1.68 bits per heavy atom. The molecule has 2 aromatic rings. The third-order valence-electron chi connectivity index (χ3n) is 4.52. The molecule has 0 heterocycles. The lowest BCUT2D eigenvalue weighted by Crippen LogP contribution is -2.34. The summed E-state index contributed by atoms with van der Waals surface area (Å²) in [6, 6.07) is 11.8. The van der Waals surface area contributed by atoms with Crippen LogP contribution >= 0.6 is 0 Å². The number of aryl methyl sites for hydroxylation is 3. The van der Waals surface area contributed by atoms with Crippen molar-refractivity contribution in [2.45, 2.75) is 45.1 Å². The number of carbonyl (C=O) groups excluding carboxylic acids is 2. The van der Waals surface area contributed by atoms with Gasteiger partial charge in [-0.1, -0.05) is 37.3 Å². The van der Waals surface area contributed by atoms with Crippen molar-refractivity contribution in [2.75, 3.05) is 6.54 Å². The highest BCUT2D eigenvalue weighted by molar-refractivity contribution is 7.89. The minimum Gasteiger partial charge on any atom is -0.453 e. The number of nitrogens with one attached hydrogen (secondary N) is 1. The average Bonchev–Trinajstić information content (AvgIpc) is 2.68. The van der Waals surface area contributed by atoms with E-state index in [1.165, 1.54) is 19.1 Å². The Labute approximate surface area is 166 Å². The topological polar surface area (TPSA) is 89.5 Å². The smallest absolute Gasteiger partial charge is 0.321 e. The molecule has 0 bridgehead atoms. The number of ketones is 1. The molecule has 0 fully saturated rings. The largest absolute Gasteiger partial charge is 0.453 e. The molecular formula is C21H25NO5S. The van der Waals surface area contributed by atoms with Crippen molar-refractivity contribution < 1.29 is 22.7 Å². The van der Waals surface area contributed by atoms with Crippen LogP contribution in [-0.2, 0) is 26.0 Å². The van der Waals surface area contributed by atoms with E-state index in [0.29, 0.717) is 5.56 Å². The Balaban J connectivity index is 1.95. The van der Waals surface area contributed by atoms with Gasteiger partial charge in [0.2, 0.25) is 15.8 Å². The maximum atomic E-state index is 12.4. The number of Topliss-reactive ketones (excluding diaryl/α,β-unsaturated/α-hetero) is 1. The van der Waals surface area contributed by atoms with Gasteiger partial charge in [0.1, 0.15) is 6.54 Å². The van der Waals surface area contributed by atoms with Crippen molar-refractivity contribution in [3.05, 3.63) is 64.7 Å². The molecule has 0 saturated heterocycles. The molecule has 0 spiro atoms. The fourth-order valence-electron chi connectivity index (χ4n) is 2.55. The third kappa shape index (κ3) is 5.50. The lowest BCUT2D eigenvalue weighted by molar-refractivity contribution is -0.144. The van der Waals surface area contributed by atoms with Crippen LogP contribution in [0, 0.1) is 13.8 Å². The SMILES string of the molecule is CCc1ccc(C(=O)[C@@H](C)OC(=O)CNS(=O)(=O)c2ccc(C)c(C)c2)cc1. The lowest BCUT2D eigenvalue weighted by atomic mass is 10.0. The summed E-state index contributed by atoms with van der Waals surface area (Å²) < 4.78 is 31.9. The van der Waals surface area contributed by atoms with Crippen LogP contribution in [0.1, 0.15) is 40.9 Å². The van der Waals surface area contributed by atoms with Crippen molar-refractivity contribution in [3.8, 4) is 0 Å². The maximum absolute atomic E-state index is 12.4. The Bertz CT molecular complexity index is 965. The molecule has 1 N–H and O–H groups in total. The van der Waals surface area contributed by atoms with Crippen molar-refractivity contribution in [1.29, 1.82) is 0 Å². The van der Waals surface area contributed by atoms with E-state index in [1.807, 2.05) is 32.9 Å². The molecule has 0 aliphatic heterocycles. The quantitative estimate of drug-likeness (QED) is 0.541. The van der Waals surface area contributed by atoms with E-state index >= 15 is 0 Å². The zero-order valence-electron chi connectivity index (χ0n) is 16.5. The second-order valence-electron chi connectivity index (χ2n) is 6.62. The molecular weight excluding hydrogens is 378 g/mol. The van der Waals surface area contributed by atoms with E-state index in [-0.39, 0.29) is 10.7 Å². The van der Waals surface area contributed by atoms with Crippen LogP contribution in [-0.4, -0.2) is 32.8 Å². The zero-order valence-corrected chi connectivity index (χ0v) is 17.3. The van der Waals surface area contributed by atoms with Crippen molar-refractivity contribution in [2.24, 2.45) is 0 Å². The second kappa shape index (κ2) is 9.12. The molecule has 0 radical (unpaired) electrons. The fourth-order valence-corrected chi connectivity index (χ4v) is 3.60. The first-order valence-corrected chi connectivity index (χ1v) is 10.5. The van der Waals surface area contributed by atoms with E-state index in [2.05, 4.69) is 4.72 Å². The van der Waals surface area contributed by atoms with Gasteiger partial charge in [0.25, 0.3) is 0 Å². The van der Waals surface area contributed by atoms with Gasteiger partial charge in [-0.2, -0.15) is 4.72 Å². The van der Waals surface area contributed by atoms with Gasteiger partial charge in [-0.15, -0.1) is 0 Å². The van der Waals surface area contributed by atoms with Gasteiger partial charge < -0.3 is 4.74 Å². The van der Waals surface area contributed by atoms with E-state index in [9.17, 15) is 18.0 Å². The molecule has 0 aliphatic rings. The predicted octanol–water partition coefficient (Wildman–Crippen LogP) is 2.96. The van der Waals surface area contributed by atoms with Gasteiger partial charge >= 0.3 is 5.97 Å². The first kappa shape index (κ1) is 21.8. The molecule has 150 valence electrons. The summed E-state index contributed by atoms with van der Waals surface area (Å²) in [6.07, 6.45) is -0.147. The molecule has 0 amide bonds. The number of benzene rings is 2. The first-order valence-electron chi connectivity index (χ1n) is 9.03. The molecule has 0 saturated carbocycles. The molecule has 0 unspecified atom stereocenters. The van der Waals surface area contributed by atoms with Crippen LogP contribution in [0.5, 0.6) is 0 Å². The highest BCUT2D eigenvalue weighted by Crippen LogP contribution is 2.14. The number of hydrogen-bond acceptors (Lipinski definition) is 5. The number of rotatable bonds is 8. The van der Waals surface area contributed by atoms with Gasteiger partial charge in [-0.05, 0) is 56.0 Å². The Morgan fingerprint density at radius 1 is 1.04 bits per heavy atom. The second-order valence-corrected chi connectivity index (χ2v) is 8.38. The van der Waals surface area contributed by atoms with E-state index in [1.54, 1.807) is 18.2 Å². The normalized spacial score (nSPS) is 12.4. The Hall–Kier alpha value is -2.51. The number of esters is 1. The van der Waals surface area contributed by atoms with Gasteiger partial charge in [0.05, 0.1) is 4.90 Å². The van der Waals surface area contributed by atoms with Crippen LogP contribution in [0.3, 0.4) is 0 Å². The summed E-state index contributed by atoms with van der Waals surface area (Å²) in [5.41, 5.74) is 3.34. The van der Waals surface area contributed by atoms with Crippen LogP contribution in [0.4, 0.5) is 0 Å². The molecule has 2 rings (SSSR count). The summed E-state index contributed by atoms with van der Waals surface area (Å²) in [7, 11) is -3.85. The molecule has 28 heavy (non-hydrogen) atoms. The zero-order chi connectivity index (χ0) is 20.9. The lowest BCUT2D eigenvalue weighted by Gasteiger charge is -2.13. The average molecular weight is 404 g/mol. The highest BCUT2D eigenvalue weighted by Gasteiger charge is 2.21. The van der Waals surface area contributed by atoms with E-state index < -0.39 is 28.6 Å². The van der Waals surface area contributed by atoms with Crippen LogP contribution in [0.2, 0.25) is 0 Å². The summed E-state index contributed by atoms with van der Waals surface area (Å²) in [5, 5.41) is 0. The van der Waals surface area contributed by atoms with Crippen molar-refractivity contribution in [3.63, 3.8) is 0 Å². The molecule has 6 nitrogen and oxygen atoms in total. The minimum atomic E-state index is -3.85. The van der Waals surface area contributed by atoms with Crippen molar-refractivity contribution in [1.82, 2.24) is 4.72 Å². The Kier molecular flexibility index (Phi) is 7.10. The number of carbonyl (C=O) groups is 2. The number of hydrogen-bond donors (Lipinski definition) is 1. The minimum absolute atomic E-state index is 0.0727. The summed E-state index contributed by atoms with van der Waals surface area (Å²) >= 11 is 0. The van der Waals surface area contributed by atoms with Crippen molar-refractivity contribution >= 4 is 21.8 Å². The standard InChI is InChI=1S/C21H25NO5S/c1-5-17-7-9-18(10-8-17)21(24)16(4)27-20(23)13-22-28(25,26)19-11-6-14(2)15(3)12-19/h6-12,16,22H,5,13H2,1-4H3/t16-/m1/s1. The number of ether oxygens (including phenoxy) is 1. The molecule has 0 aliphatic carbocycles. The fraction of sp³-hybridized carbons (Fsp3) is 0.333. The third-order valence-corrected chi connectivity index (χ3v) is 5.92. The summed E-state index contributed by atoms with van der Waals surface area (Å²) in [4.78, 5) is 24.4.